The topological polar surface area (TPSA) is 74.3 Å². The third-order valence-electron chi connectivity index (χ3n) is 6.99. The number of ether oxygens (including phenoxy) is 4. The summed E-state index contributed by atoms with van der Waals surface area (Å²) in [5, 5.41) is 0. The van der Waals surface area contributed by atoms with E-state index in [0.717, 1.165) is 27.9 Å². The number of amides is 1. The Morgan fingerprint density at radius 1 is 0.929 bits per heavy atom. The van der Waals surface area contributed by atoms with Crippen LogP contribution in [0.4, 0.5) is 5.69 Å². The van der Waals surface area contributed by atoms with Gasteiger partial charge in [-0.3, -0.25) is 9.59 Å². The van der Waals surface area contributed by atoms with Crippen LogP contribution in [-0.2, 0) is 35.1 Å². The first-order valence-corrected chi connectivity index (χ1v) is 13.9. The average Bonchev–Trinajstić information content (AvgIpc) is 2.98. The molecule has 7 nitrogen and oxygen atoms in total. The van der Waals surface area contributed by atoms with E-state index in [4.69, 9.17) is 18.9 Å². The third kappa shape index (κ3) is 7.26. The Hall–Kier alpha value is -4.40. The predicted octanol–water partition coefficient (Wildman–Crippen LogP) is 5.17. The minimum atomic E-state index is -1.16. The molecule has 2 heterocycles. The number of anilines is 1. The van der Waals surface area contributed by atoms with Gasteiger partial charge >= 0.3 is 5.97 Å². The number of esters is 1. The Kier molecular flexibility index (Phi) is 8.75. The van der Waals surface area contributed by atoms with Gasteiger partial charge in [-0.15, -0.1) is 0 Å². The van der Waals surface area contributed by atoms with Gasteiger partial charge in [-0.2, -0.15) is 0 Å². The highest BCUT2D eigenvalue weighted by molar-refractivity contribution is 6.01. The van der Waals surface area contributed by atoms with Gasteiger partial charge in [-0.25, -0.2) is 0 Å². The van der Waals surface area contributed by atoms with Crippen LogP contribution in [0, 0.1) is 23.7 Å². The van der Waals surface area contributed by atoms with E-state index in [1.807, 2.05) is 78.9 Å². The maximum Gasteiger partial charge on any atom is 0.304 e. The molecule has 0 aromatic heterocycles. The van der Waals surface area contributed by atoms with E-state index in [2.05, 4.69) is 23.7 Å². The number of carbonyl (C=O) groups is 2. The molecule has 214 valence electrons. The molecule has 5 rings (SSSR count). The van der Waals surface area contributed by atoms with E-state index < -0.39 is 17.4 Å². The molecule has 2 aliphatic rings. The molecule has 0 saturated carbocycles. The number of carbonyl (C=O) groups excluding carboxylic acids is 2. The van der Waals surface area contributed by atoms with Gasteiger partial charge < -0.3 is 23.8 Å². The average molecular weight is 564 g/mol. The van der Waals surface area contributed by atoms with Crippen molar-refractivity contribution in [3.63, 3.8) is 0 Å². The summed E-state index contributed by atoms with van der Waals surface area (Å²) in [5.41, 5.74) is 3.40. The fourth-order valence-electron chi connectivity index (χ4n) is 4.72. The molecule has 3 aromatic carbocycles. The standard InChI is InChI=1S/C35H33NO6/c1-26(37)42-35(24-40-34(2,3)41-25-35)20-19-28-11-15-30(16-12-28)32-22-33(38)36(32)31-17-13-27(14-18-31)10-7-21-39-23-29-8-5-4-6-9-29/h4-6,8-9,11-18,32H,21-25H2,1-3H3. The van der Waals surface area contributed by atoms with E-state index in [-0.39, 0.29) is 25.2 Å². The Morgan fingerprint density at radius 2 is 1.57 bits per heavy atom. The van der Waals surface area contributed by atoms with Crippen molar-refractivity contribution in [1.82, 2.24) is 0 Å². The molecule has 0 N–H and O–H groups in total. The molecule has 3 aromatic rings. The van der Waals surface area contributed by atoms with Gasteiger partial charge in [-0.1, -0.05) is 60.2 Å². The van der Waals surface area contributed by atoms with Crippen molar-refractivity contribution < 1.29 is 28.5 Å². The Balaban J connectivity index is 1.20. The molecule has 1 amide bonds. The van der Waals surface area contributed by atoms with E-state index in [1.165, 1.54) is 6.92 Å². The van der Waals surface area contributed by atoms with Crippen LogP contribution in [-0.4, -0.2) is 43.1 Å². The van der Waals surface area contributed by atoms with Crippen LogP contribution >= 0.6 is 0 Å². The summed E-state index contributed by atoms with van der Waals surface area (Å²) in [4.78, 5) is 26.1. The van der Waals surface area contributed by atoms with Crippen molar-refractivity contribution in [1.29, 1.82) is 0 Å². The zero-order valence-corrected chi connectivity index (χ0v) is 24.0. The summed E-state index contributed by atoms with van der Waals surface area (Å²) in [6, 6.07) is 25.3. The first kappa shape index (κ1) is 29.1. The first-order valence-electron chi connectivity index (χ1n) is 13.9. The fraction of sp³-hybridized carbons (Fsp3) is 0.314. The van der Waals surface area contributed by atoms with Crippen molar-refractivity contribution in [2.75, 3.05) is 24.7 Å². The lowest BCUT2D eigenvalue weighted by atomic mass is 9.92. The lowest BCUT2D eigenvalue weighted by molar-refractivity contribution is -0.291. The fourth-order valence-corrected chi connectivity index (χ4v) is 4.72. The van der Waals surface area contributed by atoms with Crippen LogP contribution in [0.2, 0.25) is 0 Å². The van der Waals surface area contributed by atoms with Gasteiger partial charge in [-0.05, 0) is 67.3 Å². The Morgan fingerprint density at radius 3 is 2.21 bits per heavy atom. The van der Waals surface area contributed by atoms with Crippen LogP contribution in [0.25, 0.3) is 0 Å². The number of β-lactam (4-membered cyclic amide) rings is 1. The highest BCUT2D eigenvalue weighted by Gasteiger charge is 2.42. The largest absolute Gasteiger partial charge is 0.441 e. The molecule has 7 heteroatoms. The Labute approximate surface area is 246 Å². The maximum atomic E-state index is 12.6. The van der Waals surface area contributed by atoms with E-state index in [0.29, 0.717) is 19.6 Å². The van der Waals surface area contributed by atoms with Crippen molar-refractivity contribution >= 4 is 17.6 Å². The number of nitrogens with zero attached hydrogens (tertiary/aromatic N) is 1. The van der Waals surface area contributed by atoms with Gasteiger partial charge in [0, 0.05) is 23.7 Å². The van der Waals surface area contributed by atoms with Gasteiger partial charge in [0.15, 0.2) is 5.79 Å². The van der Waals surface area contributed by atoms with E-state index >= 15 is 0 Å². The maximum absolute atomic E-state index is 12.6. The SMILES string of the molecule is CC(=O)OC1(C#Cc2ccc(C3CC(=O)N3c3ccc(C#CCOCc4ccccc4)cc3)cc2)COC(C)(C)OC1. The van der Waals surface area contributed by atoms with Gasteiger partial charge in [0.05, 0.1) is 19.1 Å². The summed E-state index contributed by atoms with van der Waals surface area (Å²) in [7, 11) is 0. The molecule has 0 bridgehead atoms. The minimum Gasteiger partial charge on any atom is -0.441 e. The van der Waals surface area contributed by atoms with Gasteiger partial charge in [0.2, 0.25) is 11.5 Å². The highest BCUT2D eigenvalue weighted by Crippen LogP contribution is 2.39. The van der Waals surface area contributed by atoms with Crippen molar-refractivity contribution in [2.45, 2.75) is 51.2 Å². The van der Waals surface area contributed by atoms with Gasteiger partial charge in [0.25, 0.3) is 0 Å². The number of hydrogen-bond donors (Lipinski definition) is 0. The molecule has 0 spiro atoms. The summed E-state index contributed by atoms with van der Waals surface area (Å²) >= 11 is 0. The lowest BCUT2D eigenvalue weighted by Crippen LogP contribution is -2.52. The number of rotatable bonds is 6. The highest BCUT2D eigenvalue weighted by atomic mass is 16.7. The molecule has 0 aliphatic carbocycles. The second kappa shape index (κ2) is 12.6. The van der Waals surface area contributed by atoms with Crippen LogP contribution < -0.4 is 4.90 Å². The second-order valence-electron chi connectivity index (χ2n) is 10.7. The van der Waals surface area contributed by atoms with Crippen LogP contribution in [0.3, 0.4) is 0 Å². The molecule has 2 aliphatic heterocycles. The van der Waals surface area contributed by atoms with Gasteiger partial charge in [0.1, 0.15) is 19.8 Å². The van der Waals surface area contributed by atoms with Crippen LogP contribution in [0.1, 0.15) is 55.5 Å². The lowest BCUT2D eigenvalue weighted by Gasteiger charge is -2.40. The van der Waals surface area contributed by atoms with E-state index in [1.54, 1.807) is 18.7 Å². The number of benzene rings is 3. The summed E-state index contributed by atoms with van der Waals surface area (Å²) in [5.74, 6) is 11.2. The molecule has 42 heavy (non-hydrogen) atoms. The summed E-state index contributed by atoms with van der Waals surface area (Å²) in [6.07, 6.45) is 0.436. The minimum absolute atomic E-state index is 0.0578. The quantitative estimate of drug-likeness (QED) is 0.178. The van der Waals surface area contributed by atoms with E-state index in [9.17, 15) is 9.59 Å². The molecule has 0 radical (unpaired) electrons. The molecular formula is C35H33NO6. The first-order chi connectivity index (χ1) is 20.2. The van der Waals surface area contributed by atoms with Crippen molar-refractivity contribution in [3.8, 4) is 23.7 Å². The Bertz CT molecular complexity index is 1530. The second-order valence-corrected chi connectivity index (χ2v) is 10.7. The smallest absolute Gasteiger partial charge is 0.304 e. The predicted molar refractivity (Wildman–Crippen MR) is 158 cm³/mol. The normalized spacial score (nSPS) is 18.5. The van der Waals surface area contributed by atoms with Crippen molar-refractivity contribution in [2.24, 2.45) is 0 Å². The zero-order valence-electron chi connectivity index (χ0n) is 24.0. The van der Waals surface area contributed by atoms with Crippen molar-refractivity contribution in [3.05, 3.63) is 101 Å². The number of hydrogen-bond acceptors (Lipinski definition) is 6. The summed E-state index contributed by atoms with van der Waals surface area (Å²) < 4.78 is 22.5. The zero-order chi connectivity index (χ0) is 29.6. The molecular weight excluding hydrogens is 530 g/mol. The monoisotopic (exact) mass is 563 g/mol. The van der Waals surface area contributed by atoms with Crippen LogP contribution in [0.15, 0.2) is 78.9 Å². The third-order valence-corrected chi connectivity index (χ3v) is 6.99. The molecule has 1 atom stereocenters. The molecule has 1 unspecified atom stereocenters. The van der Waals surface area contributed by atoms with Crippen LogP contribution in [0.5, 0.6) is 0 Å². The summed E-state index contributed by atoms with van der Waals surface area (Å²) in [6.45, 7) is 6.06. The molecule has 2 saturated heterocycles. The molecule has 2 fully saturated rings.